The van der Waals surface area contributed by atoms with Crippen LogP contribution in [0.2, 0.25) is 0 Å². The predicted octanol–water partition coefficient (Wildman–Crippen LogP) is 3.73. The number of aromatic nitrogens is 6. The quantitative estimate of drug-likeness (QED) is 0.555. The molecule has 0 unspecified atom stereocenters. The summed E-state index contributed by atoms with van der Waals surface area (Å²) >= 11 is 1.34. The van der Waals surface area contributed by atoms with Crippen molar-refractivity contribution >= 4 is 22.4 Å². The van der Waals surface area contributed by atoms with Gasteiger partial charge in [0.15, 0.2) is 16.6 Å². The van der Waals surface area contributed by atoms with Gasteiger partial charge in [-0.05, 0) is 35.2 Å². The molecule has 4 aromatic rings. The summed E-state index contributed by atoms with van der Waals surface area (Å²) in [6, 6.07) is 9.39. The maximum atomic E-state index is 12.7. The molecule has 1 N–H and O–H groups in total. The summed E-state index contributed by atoms with van der Waals surface area (Å²) in [4.78, 5) is 25.8. The minimum absolute atomic E-state index is 0.0155. The van der Waals surface area contributed by atoms with Crippen LogP contribution < -0.4 is 5.32 Å². The molecular weight excluding hydrogens is 386 g/mol. The first-order chi connectivity index (χ1) is 13.9. The summed E-state index contributed by atoms with van der Waals surface area (Å²) in [7, 11) is 0. The molecule has 146 valence electrons. The number of carbonyl (C=O) groups excluding carboxylic acids is 1. The minimum atomic E-state index is -0.363. The van der Waals surface area contributed by atoms with Crippen LogP contribution in [0.1, 0.15) is 36.8 Å². The zero-order chi connectivity index (χ0) is 20.4. The second-order valence-electron chi connectivity index (χ2n) is 7.39. The summed E-state index contributed by atoms with van der Waals surface area (Å²) in [5.41, 5.74) is 2.95. The first-order valence-corrected chi connectivity index (χ1v) is 9.86. The molecule has 0 aliphatic rings. The van der Waals surface area contributed by atoms with E-state index < -0.39 is 0 Å². The number of anilines is 1. The molecule has 0 spiro atoms. The van der Waals surface area contributed by atoms with Gasteiger partial charge in [-0.1, -0.05) is 32.1 Å². The Morgan fingerprint density at radius 2 is 1.97 bits per heavy atom. The van der Waals surface area contributed by atoms with E-state index in [1.54, 1.807) is 24.5 Å². The van der Waals surface area contributed by atoms with Gasteiger partial charge in [-0.3, -0.25) is 15.1 Å². The fourth-order valence-corrected chi connectivity index (χ4v) is 3.38. The zero-order valence-corrected chi connectivity index (χ0v) is 17.0. The van der Waals surface area contributed by atoms with Gasteiger partial charge in [-0.15, -0.1) is 16.4 Å². The minimum Gasteiger partial charge on any atom is -0.296 e. The highest BCUT2D eigenvalue weighted by Crippen LogP contribution is 2.28. The fraction of sp³-hybridized carbons (Fsp3) is 0.200. The molecule has 9 heteroatoms. The molecule has 0 aliphatic carbocycles. The van der Waals surface area contributed by atoms with E-state index in [0.29, 0.717) is 16.6 Å². The van der Waals surface area contributed by atoms with Crippen LogP contribution in [0.15, 0.2) is 54.3 Å². The lowest BCUT2D eigenvalue weighted by molar-refractivity contribution is 0.101. The van der Waals surface area contributed by atoms with Gasteiger partial charge in [0.2, 0.25) is 0 Å². The van der Waals surface area contributed by atoms with Gasteiger partial charge in [0.1, 0.15) is 5.69 Å². The van der Waals surface area contributed by atoms with Crippen LogP contribution in [-0.4, -0.2) is 35.9 Å². The van der Waals surface area contributed by atoms with Crippen molar-refractivity contribution < 1.29 is 4.79 Å². The molecular formula is C20H19N7OS. The Labute approximate surface area is 171 Å². The average molecular weight is 405 g/mol. The van der Waals surface area contributed by atoms with Gasteiger partial charge in [0.05, 0.1) is 11.9 Å². The highest BCUT2D eigenvalue weighted by atomic mass is 32.1. The molecule has 4 aromatic heterocycles. The van der Waals surface area contributed by atoms with Gasteiger partial charge in [0.25, 0.3) is 5.91 Å². The maximum absolute atomic E-state index is 12.7. The Morgan fingerprint density at radius 1 is 1.10 bits per heavy atom. The number of thiazole rings is 1. The molecule has 0 aromatic carbocycles. The monoisotopic (exact) mass is 405 g/mol. The smallest absolute Gasteiger partial charge is 0.277 e. The molecule has 0 radical (unpaired) electrons. The highest BCUT2D eigenvalue weighted by Gasteiger charge is 2.18. The molecule has 0 saturated heterocycles. The molecule has 4 rings (SSSR count). The van der Waals surface area contributed by atoms with Crippen molar-refractivity contribution in [3.05, 3.63) is 65.6 Å². The predicted molar refractivity (Wildman–Crippen MR) is 111 cm³/mol. The van der Waals surface area contributed by atoms with Crippen molar-refractivity contribution in [3.63, 3.8) is 0 Å². The number of nitrogens with one attached hydrogen (secondary N) is 1. The van der Waals surface area contributed by atoms with Crippen LogP contribution in [0.3, 0.4) is 0 Å². The lowest BCUT2D eigenvalue weighted by atomic mass is 9.87. The van der Waals surface area contributed by atoms with Crippen molar-refractivity contribution in [1.82, 2.24) is 29.9 Å². The van der Waals surface area contributed by atoms with Gasteiger partial charge >= 0.3 is 0 Å². The van der Waals surface area contributed by atoms with Crippen LogP contribution in [0.4, 0.5) is 5.13 Å². The second-order valence-corrected chi connectivity index (χ2v) is 8.25. The number of hydrogen-bond donors (Lipinski definition) is 1. The molecule has 29 heavy (non-hydrogen) atoms. The van der Waals surface area contributed by atoms with E-state index in [0.717, 1.165) is 5.69 Å². The Kier molecular flexibility index (Phi) is 4.89. The largest absolute Gasteiger partial charge is 0.296 e. The third kappa shape index (κ3) is 4.04. The van der Waals surface area contributed by atoms with Crippen molar-refractivity contribution in [1.29, 1.82) is 0 Å². The van der Waals surface area contributed by atoms with E-state index in [9.17, 15) is 4.79 Å². The van der Waals surface area contributed by atoms with Crippen molar-refractivity contribution in [2.75, 3.05) is 5.32 Å². The molecule has 0 fully saturated rings. The Hall–Kier alpha value is -3.46. The lowest BCUT2D eigenvalue weighted by Gasteiger charge is -2.18. The Morgan fingerprint density at radius 3 is 2.72 bits per heavy atom. The van der Waals surface area contributed by atoms with Gasteiger partial charge in [-0.2, -0.15) is 4.68 Å². The summed E-state index contributed by atoms with van der Waals surface area (Å²) < 4.78 is 1.39. The summed E-state index contributed by atoms with van der Waals surface area (Å²) in [6.07, 6.45) is 4.81. The number of nitrogens with zero attached hydrogens (tertiary/aromatic N) is 6. The summed E-state index contributed by atoms with van der Waals surface area (Å²) in [5, 5.41) is 12.9. The standard InChI is InChI=1S/C20H19N7OS/c1-20(2,3)13-7-9-21-14(10-13)15-12-29-19(24-15)25-18(28)16-11-23-26-27(16)17-6-4-5-8-22-17/h4-12H,1-3H3,(H,24,25,28). The van der Waals surface area contributed by atoms with E-state index in [-0.39, 0.29) is 17.0 Å². The van der Waals surface area contributed by atoms with E-state index >= 15 is 0 Å². The summed E-state index contributed by atoms with van der Waals surface area (Å²) in [5.74, 6) is 0.149. The first kappa shape index (κ1) is 18.9. The highest BCUT2D eigenvalue weighted by molar-refractivity contribution is 7.14. The molecule has 0 bridgehead atoms. The summed E-state index contributed by atoms with van der Waals surface area (Å²) in [6.45, 7) is 6.45. The van der Waals surface area contributed by atoms with Gasteiger partial charge < -0.3 is 0 Å². The molecule has 0 aliphatic heterocycles. The fourth-order valence-electron chi connectivity index (χ4n) is 2.69. The second kappa shape index (κ2) is 7.51. The normalized spacial score (nSPS) is 11.4. The van der Waals surface area contributed by atoms with Gasteiger partial charge in [-0.25, -0.2) is 9.97 Å². The van der Waals surface area contributed by atoms with Crippen molar-refractivity contribution in [2.24, 2.45) is 0 Å². The maximum Gasteiger partial charge on any atom is 0.277 e. The number of hydrogen-bond acceptors (Lipinski definition) is 7. The first-order valence-electron chi connectivity index (χ1n) is 8.98. The van der Waals surface area contributed by atoms with Crippen molar-refractivity contribution in [3.8, 4) is 17.2 Å². The zero-order valence-electron chi connectivity index (χ0n) is 16.2. The van der Waals surface area contributed by atoms with E-state index in [4.69, 9.17) is 0 Å². The van der Waals surface area contributed by atoms with Crippen molar-refractivity contribution in [2.45, 2.75) is 26.2 Å². The van der Waals surface area contributed by atoms with E-state index in [1.807, 2.05) is 23.6 Å². The SMILES string of the molecule is CC(C)(C)c1ccnc(-c2csc(NC(=O)c3cnnn3-c3ccccn3)n2)c1. The average Bonchev–Trinajstić information content (AvgIpc) is 3.38. The number of amides is 1. The molecule has 1 amide bonds. The third-order valence-electron chi connectivity index (χ3n) is 4.26. The Bertz CT molecular complexity index is 1140. The topological polar surface area (TPSA) is 98.5 Å². The molecule has 8 nitrogen and oxygen atoms in total. The number of rotatable bonds is 4. The van der Waals surface area contributed by atoms with E-state index in [1.165, 1.54) is 27.8 Å². The van der Waals surface area contributed by atoms with Crippen LogP contribution in [-0.2, 0) is 5.41 Å². The van der Waals surface area contributed by atoms with Crippen LogP contribution >= 0.6 is 11.3 Å². The molecule has 4 heterocycles. The van der Waals surface area contributed by atoms with Gasteiger partial charge in [0, 0.05) is 17.8 Å². The van der Waals surface area contributed by atoms with Crippen LogP contribution in [0, 0.1) is 0 Å². The third-order valence-corrected chi connectivity index (χ3v) is 5.02. The van der Waals surface area contributed by atoms with Crippen LogP contribution in [0.5, 0.6) is 0 Å². The number of carbonyl (C=O) groups is 1. The van der Waals surface area contributed by atoms with Crippen LogP contribution in [0.25, 0.3) is 17.2 Å². The number of pyridine rings is 2. The Balaban J connectivity index is 1.55. The van der Waals surface area contributed by atoms with E-state index in [2.05, 4.69) is 51.4 Å². The molecule has 0 atom stereocenters. The lowest BCUT2D eigenvalue weighted by Crippen LogP contribution is -2.17. The molecule has 0 saturated carbocycles.